The summed E-state index contributed by atoms with van der Waals surface area (Å²) in [5.74, 6) is 2.31. The van der Waals surface area contributed by atoms with Crippen LogP contribution in [0.4, 0.5) is 5.82 Å². The second-order valence-corrected chi connectivity index (χ2v) is 10.1. The van der Waals surface area contributed by atoms with Crippen molar-refractivity contribution in [3.8, 4) is 11.8 Å². The van der Waals surface area contributed by atoms with Gasteiger partial charge in [-0.25, -0.2) is 0 Å². The number of aliphatic hydroxyl groups excluding tert-OH is 1. The summed E-state index contributed by atoms with van der Waals surface area (Å²) in [4.78, 5) is 14.9. The summed E-state index contributed by atoms with van der Waals surface area (Å²) in [5.41, 5.74) is 2.21. The normalized spacial score (nSPS) is 22.9. The highest BCUT2D eigenvalue weighted by atomic mass is 16.5. The van der Waals surface area contributed by atoms with Gasteiger partial charge in [0, 0.05) is 25.7 Å². The average molecular weight is 476 g/mol. The van der Waals surface area contributed by atoms with Gasteiger partial charge in [0.25, 0.3) is 5.91 Å². The molecule has 2 heterocycles. The molecule has 3 fully saturated rings. The van der Waals surface area contributed by atoms with E-state index in [-0.39, 0.29) is 24.7 Å². The first-order chi connectivity index (χ1) is 17.1. The van der Waals surface area contributed by atoms with Gasteiger partial charge in [-0.05, 0) is 99.1 Å². The van der Waals surface area contributed by atoms with Gasteiger partial charge in [0.05, 0.1) is 17.7 Å². The Labute approximate surface area is 206 Å². The number of amides is 1. The number of nitriles is 1. The third-order valence-corrected chi connectivity index (χ3v) is 7.55. The Bertz CT molecular complexity index is 1060. The Kier molecular flexibility index (Phi) is 7.14. The molecule has 2 aliphatic carbocycles. The lowest BCUT2D eigenvalue weighted by atomic mass is 9.92. The number of hydrogen-bond acceptors (Lipinski definition) is 7. The number of carbonyl (C=O) groups excluding carboxylic acids is 1. The lowest BCUT2D eigenvalue weighted by Gasteiger charge is -2.31. The predicted molar refractivity (Wildman–Crippen MR) is 131 cm³/mol. The highest BCUT2D eigenvalue weighted by Crippen LogP contribution is 2.43. The second kappa shape index (κ2) is 10.6. The van der Waals surface area contributed by atoms with E-state index >= 15 is 0 Å². The third kappa shape index (κ3) is 5.73. The van der Waals surface area contributed by atoms with Crippen LogP contribution >= 0.6 is 0 Å². The molecule has 1 saturated heterocycles. The van der Waals surface area contributed by atoms with E-state index in [4.69, 9.17) is 4.74 Å². The van der Waals surface area contributed by atoms with Crippen LogP contribution < -0.4 is 15.0 Å². The van der Waals surface area contributed by atoms with Crippen LogP contribution in [0.25, 0.3) is 0 Å². The standard InChI is InChI=1S/C27H33N5O3/c28-16-20-3-6-23(15-24(20)19-1-2-19)35-22-7-4-21(5-8-22)29-27(34)25-9-10-26(31-30-25)32-13-11-18(17-33)12-14-32/h3,6,9-10,15,18-19,21-22,33H,1-2,4-5,7-8,11-14,17H2,(H,29,34). The monoisotopic (exact) mass is 475 g/mol. The van der Waals surface area contributed by atoms with Crippen molar-refractivity contribution in [2.75, 3.05) is 24.6 Å². The highest BCUT2D eigenvalue weighted by molar-refractivity contribution is 5.92. The average Bonchev–Trinajstić information content (AvgIpc) is 3.75. The van der Waals surface area contributed by atoms with Gasteiger partial charge in [-0.1, -0.05) is 0 Å². The minimum atomic E-state index is -0.187. The Morgan fingerprint density at radius 3 is 2.46 bits per heavy atom. The van der Waals surface area contributed by atoms with E-state index in [0.717, 1.165) is 87.2 Å². The van der Waals surface area contributed by atoms with Gasteiger partial charge in [-0.15, -0.1) is 10.2 Å². The summed E-state index contributed by atoms with van der Waals surface area (Å²) >= 11 is 0. The van der Waals surface area contributed by atoms with Gasteiger partial charge in [-0.2, -0.15) is 5.26 Å². The number of aliphatic hydroxyl groups is 1. The van der Waals surface area contributed by atoms with Crippen LogP contribution in [-0.2, 0) is 0 Å². The number of ether oxygens (including phenoxy) is 1. The fourth-order valence-electron chi connectivity index (χ4n) is 5.18. The quantitative estimate of drug-likeness (QED) is 0.630. The summed E-state index contributed by atoms with van der Waals surface area (Å²) in [6, 6.07) is 11.8. The molecule has 5 rings (SSSR count). The Hall–Kier alpha value is -3.18. The molecule has 3 aliphatic rings. The molecular weight excluding hydrogens is 442 g/mol. The number of nitrogens with zero attached hydrogens (tertiary/aromatic N) is 4. The first-order valence-electron chi connectivity index (χ1n) is 12.8. The van der Waals surface area contributed by atoms with Gasteiger partial charge >= 0.3 is 0 Å². The summed E-state index contributed by atoms with van der Waals surface area (Å²) in [6.45, 7) is 1.94. The molecule has 2 saturated carbocycles. The number of hydrogen-bond donors (Lipinski definition) is 2. The van der Waals surface area contributed by atoms with Gasteiger partial charge in [0.15, 0.2) is 11.5 Å². The van der Waals surface area contributed by atoms with Crippen molar-refractivity contribution in [2.45, 2.75) is 69.4 Å². The van der Waals surface area contributed by atoms with E-state index in [1.807, 2.05) is 24.3 Å². The molecule has 35 heavy (non-hydrogen) atoms. The van der Waals surface area contributed by atoms with Crippen LogP contribution in [0.5, 0.6) is 5.75 Å². The molecular formula is C27H33N5O3. The summed E-state index contributed by atoms with van der Waals surface area (Å²) in [6.07, 6.45) is 7.77. The van der Waals surface area contributed by atoms with Gasteiger partial charge in [0.2, 0.25) is 0 Å². The van der Waals surface area contributed by atoms with E-state index in [2.05, 4.69) is 26.5 Å². The maximum Gasteiger partial charge on any atom is 0.272 e. The molecule has 2 aromatic rings. The summed E-state index contributed by atoms with van der Waals surface area (Å²) in [5, 5.41) is 30.2. The molecule has 1 aromatic carbocycles. The van der Waals surface area contributed by atoms with Crippen molar-refractivity contribution in [1.29, 1.82) is 5.26 Å². The molecule has 0 spiro atoms. The zero-order valence-electron chi connectivity index (χ0n) is 20.0. The molecule has 1 amide bonds. The first-order valence-corrected chi connectivity index (χ1v) is 12.8. The van der Waals surface area contributed by atoms with Crippen LogP contribution in [0.3, 0.4) is 0 Å². The van der Waals surface area contributed by atoms with Crippen molar-refractivity contribution >= 4 is 11.7 Å². The Balaban J connectivity index is 1.09. The van der Waals surface area contributed by atoms with E-state index in [1.54, 1.807) is 6.07 Å². The van der Waals surface area contributed by atoms with E-state index < -0.39 is 0 Å². The molecule has 1 aliphatic heterocycles. The molecule has 0 radical (unpaired) electrons. The number of piperidine rings is 1. The van der Waals surface area contributed by atoms with Gasteiger partial charge in [-0.3, -0.25) is 4.79 Å². The maximum atomic E-state index is 12.7. The van der Waals surface area contributed by atoms with E-state index in [1.165, 1.54) is 0 Å². The van der Waals surface area contributed by atoms with Crippen molar-refractivity contribution in [1.82, 2.24) is 15.5 Å². The van der Waals surface area contributed by atoms with Crippen LogP contribution in [0.15, 0.2) is 30.3 Å². The van der Waals surface area contributed by atoms with Gasteiger partial charge < -0.3 is 20.1 Å². The molecule has 8 nitrogen and oxygen atoms in total. The van der Waals surface area contributed by atoms with E-state index in [9.17, 15) is 15.2 Å². The van der Waals surface area contributed by atoms with Gasteiger partial charge in [0.1, 0.15) is 5.75 Å². The number of aromatic nitrogens is 2. The van der Waals surface area contributed by atoms with Crippen LogP contribution in [0.2, 0.25) is 0 Å². The number of nitrogens with one attached hydrogen (secondary N) is 1. The fraction of sp³-hybridized carbons (Fsp3) is 0.556. The molecule has 0 unspecified atom stereocenters. The largest absolute Gasteiger partial charge is 0.490 e. The van der Waals surface area contributed by atoms with Crippen molar-refractivity contribution in [3.05, 3.63) is 47.2 Å². The number of carbonyl (C=O) groups is 1. The second-order valence-electron chi connectivity index (χ2n) is 10.1. The number of rotatable bonds is 7. The topological polar surface area (TPSA) is 111 Å². The number of benzene rings is 1. The third-order valence-electron chi connectivity index (χ3n) is 7.55. The van der Waals surface area contributed by atoms with Crippen LogP contribution in [0, 0.1) is 17.2 Å². The minimum Gasteiger partial charge on any atom is -0.490 e. The van der Waals surface area contributed by atoms with Crippen molar-refractivity contribution < 1.29 is 14.6 Å². The van der Waals surface area contributed by atoms with Crippen LogP contribution in [0.1, 0.15) is 78.9 Å². The molecule has 0 bridgehead atoms. The molecule has 8 heteroatoms. The zero-order valence-corrected chi connectivity index (χ0v) is 20.0. The first kappa shape index (κ1) is 23.6. The molecule has 2 N–H and O–H groups in total. The molecule has 0 atom stereocenters. The number of anilines is 1. The lowest BCUT2D eigenvalue weighted by molar-refractivity contribution is 0.0888. The summed E-state index contributed by atoms with van der Waals surface area (Å²) in [7, 11) is 0. The van der Waals surface area contributed by atoms with Crippen LogP contribution in [-0.4, -0.2) is 53.1 Å². The summed E-state index contributed by atoms with van der Waals surface area (Å²) < 4.78 is 6.23. The SMILES string of the molecule is N#Cc1ccc(OC2CCC(NC(=O)c3ccc(N4CCC(CO)CC4)nn3)CC2)cc1C1CC1. The van der Waals surface area contributed by atoms with E-state index in [0.29, 0.717) is 17.5 Å². The Morgan fingerprint density at radius 1 is 1.06 bits per heavy atom. The van der Waals surface area contributed by atoms with Crippen molar-refractivity contribution in [3.63, 3.8) is 0 Å². The highest BCUT2D eigenvalue weighted by Gasteiger charge is 2.28. The lowest BCUT2D eigenvalue weighted by Crippen LogP contribution is -2.40. The molecule has 1 aromatic heterocycles. The zero-order chi connectivity index (χ0) is 24.2. The maximum absolute atomic E-state index is 12.7. The predicted octanol–water partition coefficient (Wildman–Crippen LogP) is 3.55. The minimum absolute atomic E-state index is 0.101. The smallest absolute Gasteiger partial charge is 0.272 e. The Morgan fingerprint density at radius 2 is 1.83 bits per heavy atom. The fourth-order valence-corrected chi connectivity index (χ4v) is 5.18. The van der Waals surface area contributed by atoms with Crippen molar-refractivity contribution in [2.24, 2.45) is 5.92 Å². The molecule has 184 valence electrons.